The second-order valence-corrected chi connectivity index (χ2v) is 8.46. The second kappa shape index (κ2) is 12.1. The third-order valence-electron chi connectivity index (χ3n) is 5.89. The predicted molar refractivity (Wildman–Crippen MR) is 122 cm³/mol. The highest BCUT2D eigenvalue weighted by atomic mass is 19.4. The topological polar surface area (TPSA) is 82.8 Å². The Balaban J connectivity index is 0.000000872. The van der Waals surface area contributed by atoms with Gasteiger partial charge >= 0.3 is 6.18 Å². The Labute approximate surface area is 196 Å². The highest BCUT2D eigenvalue weighted by Crippen LogP contribution is 2.39. The molecule has 3 rings (SSSR count). The highest BCUT2D eigenvalue weighted by molar-refractivity contribution is 5.67. The summed E-state index contributed by atoms with van der Waals surface area (Å²) in [5, 5.41) is 17.0. The lowest BCUT2D eigenvalue weighted by Crippen LogP contribution is -2.37. The van der Waals surface area contributed by atoms with Gasteiger partial charge in [-0.2, -0.15) is 13.2 Å². The number of aliphatic hydroxyl groups excluding tert-OH is 1. The van der Waals surface area contributed by atoms with Crippen LogP contribution in [0, 0.1) is 32.6 Å². The Morgan fingerprint density at radius 1 is 1.21 bits per heavy atom. The first-order chi connectivity index (χ1) is 15.8. The van der Waals surface area contributed by atoms with E-state index in [4.69, 9.17) is 9.90 Å². The fraction of sp³-hybridized carbons (Fsp3) is 0.583. The maximum absolute atomic E-state index is 14.0. The number of allylic oxidation sites excluding steroid dienone is 2. The third-order valence-corrected chi connectivity index (χ3v) is 5.89. The summed E-state index contributed by atoms with van der Waals surface area (Å²) >= 11 is 0. The summed E-state index contributed by atoms with van der Waals surface area (Å²) in [6.45, 7) is 5.61. The summed E-state index contributed by atoms with van der Waals surface area (Å²) in [5.74, 6) is -1.82. The monoisotopic (exact) mass is 488 g/mol. The van der Waals surface area contributed by atoms with Crippen molar-refractivity contribution in [1.29, 1.82) is 0 Å². The molecular formula is C24H32F4N2O4. The maximum atomic E-state index is 14.0. The van der Waals surface area contributed by atoms with Crippen molar-refractivity contribution in [1.82, 2.24) is 9.47 Å². The molecule has 1 aromatic rings. The Morgan fingerprint density at radius 2 is 1.74 bits per heavy atom. The molecule has 0 radical (unpaired) electrons. The number of halogens is 4. The minimum Gasteiger partial charge on any atom is -0.481 e. The van der Waals surface area contributed by atoms with Crippen LogP contribution >= 0.6 is 0 Å². The van der Waals surface area contributed by atoms with Crippen molar-refractivity contribution in [3.8, 4) is 12.8 Å². The zero-order valence-corrected chi connectivity index (χ0v) is 19.8. The van der Waals surface area contributed by atoms with Crippen LogP contribution in [0.5, 0.6) is 0 Å². The van der Waals surface area contributed by atoms with E-state index in [2.05, 4.69) is 12.8 Å². The number of carboxylic acid groups (broad SMARTS) is 1. The van der Waals surface area contributed by atoms with Crippen LogP contribution in [0.3, 0.4) is 0 Å². The third kappa shape index (κ3) is 7.10. The van der Waals surface area contributed by atoms with E-state index in [0.717, 1.165) is 19.8 Å². The standard InChI is InChI=1S/C20H26F4N2O2.C2H4O2.C2H2/c1-11-9-26(15-4-5-15)17(13(3)18(11)27)12(2)16(8-21)25-7-6-14(10-25)19(28)20(22,23)24;1-2(3)4;1-2/h9,14-15,19,28H,4-8,10H2,1-3H3;1H3,(H,3,4);1-2H/b16-12+;;. The van der Waals surface area contributed by atoms with Crippen LogP contribution in [0.1, 0.15) is 56.0 Å². The van der Waals surface area contributed by atoms with Crippen LogP contribution in [0.15, 0.2) is 16.7 Å². The number of aryl methyl sites for hydroxylation is 1. The zero-order chi connectivity index (χ0) is 26.4. The van der Waals surface area contributed by atoms with Crippen molar-refractivity contribution in [2.75, 3.05) is 19.8 Å². The van der Waals surface area contributed by atoms with Crippen molar-refractivity contribution < 1.29 is 32.6 Å². The van der Waals surface area contributed by atoms with Crippen LogP contribution in [-0.2, 0) is 4.79 Å². The molecule has 2 N–H and O–H groups in total. The first kappa shape index (κ1) is 29.2. The van der Waals surface area contributed by atoms with E-state index in [9.17, 15) is 27.5 Å². The number of carboxylic acids is 1. The fourth-order valence-corrected chi connectivity index (χ4v) is 4.16. The largest absolute Gasteiger partial charge is 0.481 e. The van der Waals surface area contributed by atoms with E-state index >= 15 is 0 Å². The quantitative estimate of drug-likeness (QED) is 0.482. The summed E-state index contributed by atoms with van der Waals surface area (Å²) < 4.78 is 54.5. The molecule has 1 saturated heterocycles. The van der Waals surface area contributed by atoms with Gasteiger partial charge in [0.15, 0.2) is 11.5 Å². The van der Waals surface area contributed by atoms with Crippen LogP contribution in [-0.4, -0.2) is 57.7 Å². The number of hydrogen-bond acceptors (Lipinski definition) is 4. The van der Waals surface area contributed by atoms with Crippen molar-refractivity contribution >= 4 is 11.5 Å². The number of aromatic nitrogens is 1. The molecule has 2 atom stereocenters. The molecule has 2 aliphatic rings. The first-order valence-electron chi connectivity index (χ1n) is 10.8. The summed E-state index contributed by atoms with van der Waals surface area (Å²) in [6, 6.07) is 0.266. The lowest BCUT2D eigenvalue weighted by molar-refractivity contribution is -0.217. The van der Waals surface area contributed by atoms with Crippen molar-refractivity contribution in [2.24, 2.45) is 5.92 Å². The summed E-state index contributed by atoms with van der Waals surface area (Å²) in [4.78, 5) is 23.1. The molecule has 1 aliphatic heterocycles. The van der Waals surface area contributed by atoms with E-state index in [1.807, 2.05) is 4.57 Å². The number of carbonyl (C=O) groups is 1. The van der Waals surface area contributed by atoms with Crippen molar-refractivity contribution in [3.05, 3.63) is 38.9 Å². The Kier molecular flexibility index (Phi) is 10.4. The Hall–Kier alpha value is -2.80. The molecule has 2 unspecified atom stereocenters. The van der Waals surface area contributed by atoms with Gasteiger partial charge in [-0.3, -0.25) is 9.59 Å². The van der Waals surface area contributed by atoms with Gasteiger partial charge in [0, 0.05) is 49.3 Å². The van der Waals surface area contributed by atoms with Gasteiger partial charge in [0.2, 0.25) is 0 Å². The van der Waals surface area contributed by atoms with Gasteiger partial charge in [0.05, 0.1) is 11.4 Å². The molecule has 190 valence electrons. The molecule has 0 aromatic carbocycles. The number of pyridine rings is 1. The van der Waals surface area contributed by atoms with E-state index < -0.39 is 30.8 Å². The number of rotatable bonds is 5. The minimum atomic E-state index is -4.69. The first-order valence-corrected chi connectivity index (χ1v) is 10.8. The van der Waals surface area contributed by atoms with Gasteiger partial charge in [-0.25, -0.2) is 4.39 Å². The molecule has 1 aliphatic carbocycles. The van der Waals surface area contributed by atoms with Gasteiger partial charge in [-0.05, 0) is 45.6 Å². The van der Waals surface area contributed by atoms with Crippen LogP contribution in [0.2, 0.25) is 0 Å². The van der Waals surface area contributed by atoms with Gasteiger partial charge in [-0.15, -0.1) is 12.8 Å². The Morgan fingerprint density at radius 3 is 2.18 bits per heavy atom. The smallest absolute Gasteiger partial charge is 0.414 e. The second-order valence-electron chi connectivity index (χ2n) is 8.46. The molecule has 2 heterocycles. The van der Waals surface area contributed by atoms with Gasteiger partial charge in [0.1, 0.15) is 6.67 Å². The summed E-state index contributed by atoms with van der Waals surface area (Å²) in [5.41, 5.74) is 2.57. The lowest BCUT2D eigenvalue weighted by atomic mass is 10.0. The Bertz CT molecular complexity index is 974. The SMILES string of the molecule is C#C.C/C(=C(/CF)N1CCC(C(O)C(F)(F)F)C1)c1c(C)c(=O)c(C)cn1C1CC1.CC(=O)O. The highest BCUT2D eigenvalue weighted by Gasteiger charge is 2.46. The lowest BCUT2D eigenvalue weighted by Gasteiger charge is -2.26. The van der Waals surface area contributed by atoms with E-state index in [0.29, 0.717) is 22.4 Å². The fourth-order valence-electron chi connectivity index (χ4n) is 4.16. The molecule has 10 heteroatoms. The zero-order valence-electron chi connectivity index (χ0n) is 19.8. The van der Waals surface area contributed by atoms with E-state index in [-0.39, 0.29) is 36.7 Å². The number of nitrogens with zero attached hydrogens (tertiary/aromatic N) is 2. The van der Waals surface area contributed by atoms with Gasteiger partial charge in [0.25, 0.3) is 5.97 Å². The number of alkyl halides is 4. The molecule has 0 amide bonds. The van der Waals surface area contributed by atoms with Crippen molar-refractivity contribution in [3.63, 3.8) is 0 Å². The molecule has 1 saturated carbocycles. The molecule has 2 fully saturated rings. The predicted octanol–water partition coefficient (Wildman–Crippen LogP) is 4.09. The maximum Gasteiger partial charge on any atom is 0.414 e. The van der Waals surface area contributed by atoms with Gasteiger partial charge < -0.3 is 19.7 Å². The number of aliphatic hydroxyl groups is 1. The molecule has 6 nitrogen and oxygen atoms in total. The molecule has 0 spiro atoms. The van der Waals surface area contributed by atoms with Crippen LogP contribution in [0.4, 0.5) is 17.6 Å². The molecule has 1 aromatic heterocycles. The van der Waals surface area contributed by atoms with Crippen molar-refractivity contribution in [2.45, 2.75) is 65.3 Å². The number of terminal acetylenes is 1. The normalized spacial score (nSPS) is 19.3. The molecular weight excluding hydrogens is 456 g/mol. The number of hydrogen-bond donors (Lipinski definition) is 2. The summed E-state index contributed by atoms with van der Waals surface area (Å²) in [6.07, 6.45) is 4.80. The summed E-state index contributed by atoms with van der Waals surface area (Å²) in [7, 11) is 0. The molecule has 0 bridgehead atoms. The van der Waals surface area contributed by atoms with E-state index in [1.165, 1.54) is 0 Å². The van der Waals surface area contributed by atoms with Crippen LogP contribution < -0.4 is 5.43 Å². The van der Waals surface area contributed by atoms with Gasteiger partial charge in [-0.1, -0.05) is 0 Å². The minimum absolute atomic E-state index is 0.0597. The number of likely N-dealkylation sites (tertiary alicyclic amines) is 1. The van der Waals surface area contributed by atoms with Crippen LogP contribution in [0.25, 0.3) is 5.57 Å². The average Bonchev–Trinajstić information content (AvgIpc) is 3.49. The molecule has 34 heavy (non-hydrogen) atoms. The average molecular weight is 489 g/mol. The van der Waals surface area contributed by atoms with E-state index in [1.54, 1.807) is 31.9 Å². The number of aliphatic carboxylic acids is 1.